The summed E-state index contributed by atoms with van der Waals surface area (Å²) < 4.78 is 1.51. The summed E-state index contributed by atoms with van der Waals surface area (Å²) in [6, 6.07) is 0. The third-order valence-electron chi connectivity index (χ3n) is 3.92. The van der Waals surface area contributed by atoms with E-state index in [-0.39, 0.29) is 5.91 Å². The number of nitrogen functional groups attached to an aromatic ring is 1. The van der Waals surface area contributed by atoms with Crippen molar-refractivity contribution < 1.29 is 4.79 Å². The summed E-state index contributed by atoms with van der Waals surface area (Å²) >= 11 is 0. The van der Waals surface area contributed by atoms with E-state index >= 15 is 0 Å². The SMILES string of the molecule is CC1CCC(CNC(=O)c2cnn(C)c2N)CC1. The van der Waals surface area contributed by atoms with E-state index in [1.165, 1.54) is 36.6 Å². The molecule has 0 radical (unpaired) electrons. The number of aryl methyl sites for hydroxylation is 1. The molecule has 0 unspecified atom stereocenters. The summed E-state index contributed by atoms with van der Waals surface area (Å²) in [5.74, 6) is 1.76. The number of hydrogen-bond acceptors (Lipinski definition) is 3. The highest BCUT2D eigenvalue weighted by Crippen LogP contribution is 2.27. The molecule has 1 amide bonds. The summed E-state index contributed by atoms with van der Waals surface area (Å²) in [5, 5.41) is 6.94. The Bertz CT molecular complexity index is 419. The minimum Gasteiger partial charge on any atom is -0.383 e. The number of aromatic nitrogens is 2. The standard InChI is InChI=1S/C13H22N4O/c1-9-3-5-10(6-4-9)7-15-13(18)11-8-16-17(2)12(11)14/h8-10H,3-7,14H2,1-2H3,(H,15,18). The van der Waals surface area contributed by atoms with Crippen molar-refractivity contribution in [2.45, 2.75) is 32.6 Å². The van der Waals surface area contributed by atoms with Crippen LogP contribution in [0.4, 0.5) is 5.82 Å². The van der Waals surface area contributed by atoms with Crippen LogP contribution in [0, 0.1) is 11.8 Å². The van der Waals surface area contributed by atoms with Gasteiger partial charge in [-0.3, -0.25) is 9.48 Å². The van der Waals surface area contributed by atoms with Gasteiger partial charge in [0.05, 0.1) is 6.20 Å². The molecular formula is C13H22N4O. The molecule has 1 saturated carbocycles. The maximum absolute atomic E-state index is 11.9. The number of anilines is 1. The van der Waals surface area contributed by atoms with Crippen molar-refractivity contribution in [3.63, 3.8) is 0 Å². The van der Waals surface area contributed by atoms with Crippen LogP contribution < -0.4 is 11.1 Å². The second-order valence-corrected chi connectivity index (χ2v) is 5.40. The Morgan fingerprint density at radius 3 is 2.72 bits per heavy atom. The molecule has 0 atom stereocenters. The average Bonchev–Trinajstić information content (AvgIpc) is 2.69. The van der Waals surface area contributed by atoms with Crippen LogP contribution in [0.2, 0.25) is 0 Å². The first-order valence-corrected chi connectivity index (χ1v) is 6.63. The molecule has 1 heterocycles. The topological polar surface area (TPSA) is 72.9 Å². The van der Waals surface area contributed by atoms with E-state index < -0.39 is 0 Å². The second-order valence-electron chi connectivity index (χ2n) is 5.40. The van der Waals surface area contributed by atoms with Gasteiger partial charge in [0.2, 0.25) is 0 Å². The summed E-state index contributed by atoms with van der Waals surface area (Å²) in [6.45, 7) is 3.05. The third-order valence-corrected chi connectivity index (χ3v) is 3.92. The third kappa shape index (κ3) is 2.83. The largest absolute Gasteiger partial charge is 0.383 e. The van der Waals surface area contributed by atoms with E-state index in [1.807, 2.05) is 0 Å². The molecule has 0 spiro atoms. The maximum atomic E-state index is 11.9. The Morgan fingerprint density at radius 1 is 1.50 bits per heavy atom. The Labute approximate surface area is 108 Å². The number of nitrogens with zero attached hydrogens (tertiary/aromatic N) is 2. The fourth-order valence-corrected chi connectivity index (χ4v) is 2.49. The van der Waals surface area contributed by atoms with Gasteiger partial charge in [0.15, 0.2) is 0 Å². The van der Waals surface area contributed by atoms with Gasteiger partial charge in [-0.2, -0.15) is 5.10 Å². The van der Waals surface area contributed by atoms with Gasteiger partial charge >= 0.3 is 0 Å². The molecule has 1 aromatic heterocycles. The molecule has 5 heteroatoms. The van der Waals surface area contributed by atoms with E-state index in [1.54, 1.807) is 7.05 Å². The van der Waals surface area contributed by atoms with Gasteiger partial charge in [-0.25, -0.2) is 0 Å². The van der Waals surface area contributed by atoms with Crippen molar-refractivity contribution in [1.82, 2.24) is 15.1 Å². The number of hydrogen-bond donors (Lipinski definition) is 2. The van der Waals surface area contributed by atoms with Gasteiger partial charge in [0.25, 0.3) is 5.91 Å². The quantitative estimate of drug-likeness (QED) is 0.855. The molecule has 1 aromatic rings. The molecule has 0 bridgehead atoms. The van der Waals surface area contributed by atoms with Gasteiger partial charge in [-0.15, -0.1) is 0 Å². The van der Waals surface area contributed by atoms with Crippen LogP contribution in [0.1, 0.15) is 43.0 Å². The van der Waals surface area contributed by atoms with Crippen molar-refractivity contribution in [1.29, 1.82) is 0 Å². The molecular weight excluding hydrogens is 228 g/mol. The second kappa shape index (κ2) is 5.42. The number of rotatable bonds is 3. The van der Waals surface area contributed by atoms with Gasteiger partial charge in [-0.05, 0) is 24.7 Å². The van der Waals surface area contributed by atoms with Gasteiger partial charge in [0, 0.05) is 13.6 Å². The summed E-state index contributed by atoms with van der Waals surface area (Å²) in [7, 11) is 1.73. The average molecular weight is 250 g/mol. The minimum absolute atomic E-state index is 0.112. The molecule has 18 heavy (non-hydrogen) atoms. The zero-order chi connectivity index (χ0) is 13.1. The Kier molecular flexibility index (Phi) is 3.89. The van der Waals surface area contributed by atoms with Gasteiger partial charge < -0.3 is 11.1 Å². The first-order valence-electron chi connectivity index (χ1n) is 6.63. The lowest BCUT2D eigenvalue weighted by atomic mass is 9.83. The first kappa shape index (κ1) is 12.9. The molecule has 2 rings (SSSR count). The van der Waals surface area contributed by atoms with E-state index in [0.717, 1.165) is 12.5 Å². The Balaban J connectivity index is 1.83. The molecule has 5 nitrogen and oxygen atoms in total. The van der Waals surface area contributed by atoms with Crippen LogP contribution >= 0.6 is 0 Å². The highest BCUT2D eigenvalue weighted by Gasteiger charge is 2.20. The Morgan fingerprint density at radius 2 is 2.17 bits per heavy atom. The molecule has 0 aliphatic heterocycles. The van der Waals surface area contributed by atoms with E-state index in [0.29, 0.717) is 17.3 Å². The van der Waals surface area contributed by atoms with Crippen LogP contribution in [0.25, 0.3) is 0 Å². The van der Waals surface area contributed by atoms with Crippen molar-refractivity contribution in [2.24, 2.45) is 18.9 Å². The molecule has 3 N–H and O–H groups in total. The minimum atomic E-state index is -0.112. The lowest BCUT2D eigenvalue weighted by Gasteiger charge is -2.26. The van der Waals surface area contributed by atoms with Gasteiger partial charge in [0.1, 0.15) is 11.4 Å². The predicted octanol–water partition coefficient (Wildman–Crippen LogP) is 1.56. The smallest absolute Gasteiger partial charge is 0.256 e. The van der Waals surface area contributed by atoms with Crippen LogP contribution in [0.3, 0.4) is 0 Å². The van der Waals surface area contributed by atoms with Crippen molar-refractivity contribution in [2.75, 3.05) is 12.3 Å². The molecule has 0 saturated heterocycles. The summed E-state index contributed by atoms with van der Waals surface area (Å²) in [6.07, 6.45) is 6.49. The molecule has 1 aliphatic rings. The molecule has 0 aromatic carbocycles. The van der Waals surface area contributed by atoms with E-state index in [2.05, 4.69) is 17.3 Å². The maximum Gasteiger partial charge on any atom is 0.256 e. The molecule has 100 valence electrons. The number of carbonyl (C=O) groups is 1. The highest BCUT2D eigenvalue weighted by molar-refractivity contribution is 5.98. The molecule has 1 aliphatic carbocycles. The predicted molar refractivity (Wildman–Crippen MR) is 71.1 cm³/mol. The van der Waals surface area contributed by atoms with Crippen LogP contribution in [0.15, 0.2) is 6.20 Å². The van der Waals surface area contributed by atoms with Crippen LogP contribution in [-0.2, 0) is 7.05 Å². The van der Waals surface area contributed by atoms with Crippen molar-refractivity contribution >= 4 is 11.7 Å². The normalized spacial score (nSPS) is 23.9. The lowest BCUT2D eigenvalue weighted by molar-refractivity contribution is 0.0942. The van der Waals surface area contributed by atoms with Gasteiger partial charge in [-0.1, -0.05) is 19.8 Å². The zero-order valence-corrected chi connectivity index (χ0v) is 11.1. The monoisotopic (exact) mass is 250 g/mol. The number of carbonyl (C=O) groups excluding carboxylic acids is 1. The van der Waals surface area contributed by atoms with Crippen molar-refractivity contribution in [3.8, 4) is 0 Å². The number of amides is 1. The fourth-order valence-electron chi connectivity index (χ4n) is 2.49. The lowest BCUT2D eigenvalue weighted by Crippen LogP contribution is -2.31. The van der Waals surface area contributed by atoms with Crippen molar-refractivity contribution in [3.05, 3.63) is 11.8 Å². The number of nitrogens with one attached hydrogen (secondary N) is 1. The Hall–Kier alpha value is -1.52. The zero-order valence-electron chi connectivity index (χ0n) is 11.1. The molecule has 1 fully saturated rings. The van der Waals surface area contributed by atoms with E-state index in [9.17, 15) is 4.79 Å². The van der Waals surface area contributed by atoms with E-state index in [4.69, 9.17) is 5.73 Å². The summed E-state index contributed by atoms with van der Waals surface area (Å²) in [4.78, 5) is 11.9. The summed E-state index contributed by atoms with van der Waals surface area (Å²) in [5.41, 5.74) is 6.24. The van der Waals surface area contributed by atoms with Crippen LogP contribution in [0.5, 0.6) is 0 Å². The fraction of sp³-hybridized carbons (Fsp3) is 0.692. The highest BCUT2D eigenvalue weighted by atomic mass is 16.1. The number of nitrogens with two attached hydrogens (primary N) is 1. The first-order chi connectivity index (χ1) is 8.58. The van der Waals surface area contributed by atoms with Crippen LogP contribution in [-0.4, -0.2) is 22.2 Å².